The molecule has 3 nitrogen and oxygen atoms in total. The number of piperazine rings is 1. The van der Waals surface area contributed by atoms with Crippen molar-refractivity contribution in [3.8, 4) is 0 Å². The van der Waals surface area contributed by atoms with E-state index >= 15 is 0 Å². The van der Waals surface area contributed by atoms with Crippen LogP contribution in [0.15, 0.2) is 54.6 Å². The van der Waals surface area contributed by atoms with Crippen molar-refractivity contribution in [1.29, 1.82) is 0 Å². The number of carbonyl (C=O) groups is 1. The van der Waals surface area contributed by atoms with E-state index in [1.54, 1.807) is 0 Å². The van der Waals surface area contributed by atoms with Gasteiger partial charge in [-0.3, -0.25) is 9.69 Å². The molecule has 1 amide bonds. The molecule has 1 atom stereocenters. The number of carbonyl (C=O) groups excluding carboxylic acids is 1. The lowest BCUT2D eigenvalue weighted by Crippen LogP contribution is -2.49. The Bertz CT molecular complexity index is 689. The van der Waals surface area contributed by atoms with Crippen LogP contribution in [0.4, 0.5) is 0 Å². The number of nitrogens with zero attached hydrogens (tertiary/aromatic N) is 2. The van der Waals surface area contributed by atoms with E-state index in [0.717, 1.165) is 30.2 Å². The topological polar surface area (TPSA) is 23.6 Å². The molecule has 1 aliphatic heterocycles. The Morgan fingerprint density at radius 1 is 1.08 bits per heavy atom. The summed E-state index contributed by atoms with van der Waals surface area (Å²) in [6.07, 6.45) is 1.20. The van der Waals surface area contributed by atoms with Gasteiger partial charge in [-0.2, -0.15) is 0 Å². The maximum absolute atomic E-state index is 12.6. The number of aryl methyl sites for hydroxylation is 1. The van der Waals surface area contributed by atoms with Crippen LogP contribution < -0.4 is 0 Å². The van der Waals surface area contributed by atoms with E-state index in [-0.39, 0.29) is 11.9 Å². The summed E-state index contributed by atoms with van der Waals surface area (Å²) in [6.45, 7) is 2.44. The van der Waals surface area contributed by atoms with Gasteiger partial charge in [-0.25, -0.2) is 0 Å². The van der Waals surface area contributed by atoms with Gasteiger partial charge in [0.1, 0.15) is 0 Å². The molecule has 0 bridgehead atoms. The van der Waals surface area contributed by atoms with Crippen molar-refractivity contribution in [3.63, 3.8) is 0 Å². The fourth-order valence-corrected chi connectivity index (χ4v) is 3.47. The van der Waals surface area contributed by atoms with E-state index in [1.165, 1.54) is 5.56 Å². The summed E-state index contributed by atoms with van der Waals surface area (Å²) in [4.78, 5) is 17.0. The van der Waals surface area contributed by atoms with Crippen LogP contribution in [-0.2, 0) is 11.2 Å². The molecule has 24 heavy (non-hydrogen) atoms. The molecule has 2 aromatic rings. The minimum absolute atomic E-state index is 0.212. The van der Waals surface area contributed by atoms with Crippen LogP contribution in [0.5, 0.6) is 0 Å². The molecule has 0 radical (unpaired) electrons. The van der Waals surface area contributed by atoms with Crippen LogP contribution in [0.3, 0.4) is 0 Å². The first-order chi connectivity index (χ1) is 11.6. The summed E-state index contributed by atoms with van der Waals surface area (Å²) in [5.74, 6) is 0.212. The Morgan fingerprint density at radius 3 is 2.54 bits per heavy atom. The van der Waals surface area contributed by atoms with Crippen molar-refractivity contribution in [2.75, 3.05) is 26.7 Å². The van der Waals surface area contributed by atoms with Gasteiger partial charge in [0, 0.05) is 31.1 Å². The third-order valence-corrected chi connectivity index (χ3v) is 5.12. The molecular weight excluding hydrogens is 320 g/mol. The van der Waals surface area contributed by atoms with E-state index in [2.05, 4.69) is 36.2 Å². The lowest BCUT2D eigenvalue weighted by atomic mass is 10.0. The second-order valence-electron chi connectivity index (χ2n) is 6.34. The maximum atomic E-state index is 12.6. The summed E-state index contributed by atoms with van der Waals surface area (Å²) in [5.41, 5.74) is 2.31. The molecule has 1 unspecified atom stereocenters. The van der Waals surface area contributed by atoms with E-state index < -0.39 is 0 Å². The number of hydrogen-bond donors (Lipinski definition) is 0. The highest BCUT2D eigenvalue weighted by atomic mass is 35.5. The van der Waals surface area contributed by atoms with E-state index in [4.69, 9.17) is 11.6 Å². The summed E-state index contributed by atoms with van der Waals surface area (Å²) in [6, 6.07) is 18.4. The van der Waals surface area contributed by atoms with Gasteiger partial charge in [-0.05, 0) is 30.7 Å². The zero-order valence-electron chi connectivity index (χ0n) is 14.0. The number of hydrogen-bond acceptors (Lipinski definition) is 2. The van der Waals surface area contributed by atoms with Crippen LogP contribution in [0.1, 0.15) is 23.6 Å². The smallest absolute Gasteiger partial charge is 0.223 e. The molecular formula is C20H23ClN2O. The van der Waals surface area contributed by atoms with Gasteiger partial charge in [0.25, 0.3) is 0 Å². The van der Waals surface area contributed by atoms with Crippen molar-refractivity contribution in [1.82, 2.24) is 9.80 Å². The van der Waals surface area contributed by atoms with Crippen molar-refractivity contribution >= 4 is 17.5 Å². The van der Waals surface area contributed by atoms with Gasteiger partial charge in [0.2, 0.25) is 5.91 Å². The molecule has 3 rings (SSSR count). The molecule has 1 heterocycles. The summed E-state index contributed by atoms with van der Waals surface area (Å²) in [5, 5.41) is 0.742. The zero-order valence-corrected chi connectivity index (χ0v) is 14.7. The van der Waals surface area contributed by atoms with Gasteiger partial charge in [-0.1, -0.05) is 60.1 Å². The van der Waals surface area contributed by atoms with Crippen LogP contribution >= 0.6 is 11.6 Å². The van der Waals surface area contributed by atoms with Gasteiger partial charge < -0.3 is 4.90 Å². The predicted octanol–water partition coefficient (Wildman–Crippen LogP) is 3.79. The number of amides is 1. The van der Waals surface area contributed by atoms with Gasteiger partial charge in [0.15, 0.2) is 0 Å². The lowest BCUT2D eigenvalue weighted by molar-refractivity contribution is -0.134. The Kier molecular flexibility index (Phi) is 5.54. The molecule has 0 aromatic heterocycles. The fraction of sp³-hybridized carbons (Fsp3) is 0.350. The molecule has 4 heteroatoms. The van der Waals surface area contributed by atoms with Gasteiger partial charge >= 0.3 is 0 Å². The Hall–Kier alpha value is -1.84. The third kappa shape index (κ3) is 3.97. The molecule has 2 aromatic carbocycles. The monoisotopic (exact) mass is 342 g/mol. The molecule has 0 N–H and O–H groups in total. The summed E-state index contributed by atoms with van der Waals surface area (Å²) < 4.78 is 0. The standard InChI is InChI=1S/C20H23ClN2O/c1-22-13-14-23(15-19(22)17-8-3-2-4-9-17)20(24)12-11-16-7-5-6-10-18(16)21/h2-10,19H,11-15H2,1H3. The SMILES string of the molecule is CN1CCN(C(=O)CCc2ccccc2Cl)CC1c1ccccc1. The van der Waals surface area contributed by atoms with E-state index in [0.29, 0.717) is 12.8 Å². The predicted molar refractivity (Wildman–Crippen MR) is 98.2 cm³/mol. The molecule has 1 aliphatic rings. The van der Waals surface area contributed by atoms with Crippen LogP contribution in [-0.4, -0.2) is 42.4 Å². The van der Waals surface area contributed by atoms with E-state index in [9.17, 15) is 4.79 Å². The maximum Gasteiger partial charge on any atom is 0.223 e. The number of benzene rings is 2. The lowest BCUT2D eigenvalue weighted by Gasteiger charge is -2.39. The van der Waals surface area contributed by atoms with Gasteiger partial charge in [-0.15, -0.1) is 0 Å². The molecule has 0 saturated carbocycles. The van der Waals surface area contributed by atoms with Crippen LogP contribution in [0.2, 0.25) is 5.02 Å². The molecule has 0 spiro atoms. The Labute approximate surface area is 148 Å². The van der Waals surface area contributed by atoms with Crippen molar-refractivity contribution in [3.05, 3.63) is 70.7 Å². The second-order valence-corrected chi connectivity index (χ2v) is 6.75. The fourth-order valence-electron chi connectivity index (χ4n) is 3.24. The molecule has 126 valence electrons. The highest BCUT2D eigenvalue weighted by Gasteiger charge is 2.28. The highest BCUT2D eigenvalue weighted by Crippen LogP contribution is 2.24. The molecule has 0 aliphatic carbocycles. The summed E-state index contributed by atoms with van der Waals surface area (Å²) in [7, 11) is 2.13. The zero-order chi connectivity index (χ0) is 16.9. The number of likely N-dealkylation sites (N-methyl/N-ethyl adjacent to an activating group) is 1. The first-order valence-electron chi connectivity index (χ1n) is 8.41. The highest BCUT2D eigenvalue weighted by molar-refractivity contribution is 6.31. The number of rotatable bonds is 4. The third-order valence-electron chi connectivity index (χ3n) is 4.75. The van der Waals surface area contributed by atoms with Crippen molar-refractivity contribution in [2.24, 2.45) is 0 Å². The number of halogens is 1. The van der Waals surface area contributed by atoms with E-state index in [1.807, 2.05) is 35.2 Å². The van der Waals surface area contributed by atoms with Gasteiger partial charge in [0.05, 0.1) is 6.04 Å². The minimum atomic E-state index is 0.212. The van der Waals surface area contributed by atoms with Crippen LogP contribution in [0.25, 0.3) is 0 Å². The van der Waals surface area contributed by atoms with Crippen molar-refractivity contribution < 1.29 is 4.79 Å². The normalized spacial score (nSPS) is 18.6. The average Bonchev–Trinajstić information content (AvgIpc) is 2.62. The van der Waals surface area contributed by atoms with Crippen molar-refractivity contribution in [2.45, 2.75) is 18.9 Å². The first kappa shape index (κ1) is 17.0. The van der Waals surface area contributed by atoms with Crippen LogP contribution in [0, 0.1) is 0 Å². The minimum Gasteiger partial charge on any atom is -0.339 e. The summed E-state index contributed by atoms with van der Waals surface area (Å²) >= 11 is 6.18. The largest absolute Gasteiger partial charge is 0.339 e. The second kappa shape index (κ2) is 7.82. The Morgan fingerprint density at radius 2 is 1.79 bits per heavy atom. The quantitative estimate of drug-likeness (QED) is 0.844. The molecule has 1 fully saturated rings. The molecule has 1 saturated heterocycles. The first-order valence-corrected chi connectivity index (χ1v) is 8.79. The Balaban J connectivity index is 1.62. The average molecular weight is 343 g/mol.